The standard InChI is InChI=1S/C43H39N/c1-30-15-9-11-19-36(30)43(37-20-12-10-16-31(37)2)38-21-13-14-22-40(38)44(41-28-25-34(29-39(41)43)42(3,4)5)35-26-23-33(24-27-35)32-17-7-6-8-18-32/h6-29H,1-5H3. The summed E-state index contributed by atoms with van der Waals surface area (Å²) in [5.74, 6) is 0. The molecule has 0 aromatic heterocycles. The van der Waals surface area contributed by atoms with Gasteiger partial charge in [0, 0.05) is 5.69 Å². The average Bonchev–Trinajstić information content (AvgIpc) is 3.04. The number of anilines is 3. The summed E-state index contributed by atoms with van der Waals surface area (Å²) in [5.41, 5.74) is 14.7. The number of fused-ring (bicyclic) bond motifs is 2. The van der Waals surface area contributed by atoms with Gasteiger partial charge in [-0.15, -0.1) is 0 Å². The molecule has 7 rings (SSSR count). The molecule has 1 heteroatoms. The summed E-state index contributed by atoms with van der Waals surface area (Å²) in [7, 11) is 0. The molecule has 0 fully saturated rings. The molecule has 0 bridgehead atoms. The maximum atomic E-state index is 2.50. The predicted molar refractivity (Wildman–Crippen MR) is 187 cm³/mol. The molecule has 0 radical (unpaired) electrons. The number of hydrogen-bond donors (Lipinski definition) is 0. The Morgan fingerprint density at radius 3 is 1.55 bits per heavy atom. The topological polar surface area (TPSA) is 3.24 Å². The van der Waals surface area contributed by atoms with E-state index in [-0.39, 0.29) is 5.41 Å². The molecule has 6 aromatic carbocycles. The van der Waals surface area contributed by atoms with Crippen LogP contribution >= 0.6 is 0 Å². The molecule has 6 aromatic rings. The highest BCUT2D eigenvalue weighted by Crippen LogP contribution is 2.59. The Morgan fingerprint density at radius 2 is 0.955 bits per heavy atom. The lowest BCUT2D eigenvalue weighted by Gasteiger charge is -2.48. The van der Waals surface area contributed by atoms with Crippen molar-refractivity contribution in [2.75, 3.05) is 4.90 Å². The highest BCUT2D eigenvalue weighted by atomic mass is 15.2. The monoisotopic (exact) mass is 569 g/mol. The molecular formula is C43H39N. The lowest BCUT2D eigenvalue weighted by Crippen LogP contribution is -2.39. The SMILES string of the molecule is Cc1ccccc1C1(c2ccccc2C)c2ccccc2N(c2ccc(-c3ccccc3)cc2)c2ccc(C(C)(C)C)cc21. The van der Waals surface area contributed by atoms with E-state index in [1.54, 1.807) is 0 Å². The Labute approximate surface area is 262 Å². The molecule has 216 valence electrons. The van der Waals surface area contributed by atoms with E-state index < -0.39 is 5.41 Å². The van der Waals surface area contributed by atoms with Gasteiger partial charge in [0.15, 0.2) is 0 Å². The highest BCUT2D eigenvalue weighted by Gasteiger charge is 2.48. The molecule has 1 aliphatic heterocycles. The van der Waals surface area contributed by atoms with E-state index in [4.69, 9.17) is 0 Å². The molecular weight excluding hydrogens is 530 g/mol. The van der Waals surface area contributed by atoms with Crippen molar-refractivity contribution < 1.29 is 0 Å². The Balaban J connectivity index is 1.58. The minimum Gasteiger partial charge on any atom is -0.310 e. The summed E-state index contributed by atoms with van der Waals surface area (Å²) in [6.07, 6.45) is 0. The second-order valence-corrected chi connectivity index (χ2v) is 13.1. The minimum absolute atomic E-state index is 0.00262. The first kappa shape index (κ1) is 27.9. The van der Waals surface area contributed by atoms with Gasteiger partial charge in [0.1, 0.15) is 0 Å². The van der Waals surface area contributed by atoms with Crippen LogP contribution in [0.4, 0.5) is 17.1 Å². The Bertz CT molecular complexity index is 1910. The maximum absolute atomic E-state index is 2.50. The van der Waals surface area contributed by atoms with Gasteiger partial charge in [0.2, 0.25) is 0 Å². The molecule has 0 amide bonds. The summed E-state index contributed by atoms with van der Waals surface area (Å²) < 4.78 is 0. The quantitative estimate of drug-likeness (QED) is 0.204. The molecule has 44 heavy (non-hydrogen) atoms. The van der Waals surface area contributed by atoms with Crippen LogP contribution in [-0.2, 0) is 10.8 Å². The number of nitrogens with zero attached hydrogens (tertiary/aromatic N) is 1. The van der Waals surface area contributed by atoms with Crippen LogP contribution in [0.5, 0.6) is 0 Å². The van der Waals surface area contributed by atoms with Gasteiger partial charge in [0.25, 0.3) is 0 Å². The van der Waals surface area contributed by atoms with E-state index in [1.807, 2.05) is 0 Å². The molecule has 0 aliphatic carbocycles. The zero-order valence-corrected chi connectivity index (χ0v) is 26.3. The molecule has 0 saturated heterocycles. The van der Waals surface area contributed by atoms with Crippen molar-refractivity contribution in [3.05, 3.63) is 185 Å². The van der Waals surface area contributed by atoms with Crippen molar-refractivity contribution in [2.45, 2.75) is 45.4 Å². The largest absolute Gasteiger partial charge is 0.310 e. The van der Waals surface area contributed by atoms with Gasteiger partial charge in [-0.3, -0.25) is 0 Å². The van der Waals surface area contributed by atoms with Crippen LogP contribution < -0.4 is 4.90 Å². The summed E-state index contributed by atoms with van der Waals surface area (Å²) in [6, 6.07) is 53.8. The smallest absolute Gasteiger partial charge is 0.0747 e. The Hall–Kier alpha value is -4.88. The van der Waals surface area contributed by atoms with E-state index in [1.165, 1.54) is 61.4 Å². The van der Waals surface area contributed by atoms with Crippen molar-refractivity contribution in [3.8, 4) is 11.1 Å². The summed E-state index contributed by atoms with van der Waals surface area (Å²) in [6.45, 7) is 11.5. The number of hydrogen-bond acceptors (Lipinski definition) is 1. The van der Waals surface area contributed by atoms with Gasteiger partial charge in [-0.05, 0) is 93.6 Å². The molecule has 0 atom stereocenters. The molecule has 1 heterocycles. The second kappa shape index (κ2) is 10.7. The predicted octanol–water partition coefficient (Wildman–Crippen LogP) is 11.4. The Kier molecular flexibility index (Phi) is 6.78. The first-order valence-electron chi connectivity index (χ1n) is 15.6. The molecule has 0 N–H and O–H groups in total. The summed E-state index contributed by atoms with van der Waals surface area (Å²) >= 11 is 0. The fourth-order valence-corrected chi connectivity index (χ4v) is 7.18. The number of rotatable bonds is 4. The lowest BCUT2D eigenvalue weighted by atomic mass is 9.60. The van der Waals surface area contributed by atoms with E-state index in [0.717, 1.165) is 5.69 Å². The normalized spacial score (nSPS) is 13.7. The zero-order chi connectivity index (χ0) is 30.5. The van der Waals surface area contributed by atoms with Crippen molar-refractivity contribution >= 4 is 17.1 Å². The average molecular weight is 570 g/mol. The fraction of sp³-hybridized carbons (Fsp3) is 0.163. The fourth-order valence-electron chi connectivity index (χ4n) is 7.18. The Morgan fingerprint density at radius 1 is 0.455 bits per heavy atom. The van der Waals surface area contributed by atoms with Crippen LogP contribution in [0.25, 0.3) is 11.1 Å². The molecule has 1 aliphatic rings. The van der Waals surface area contributed by atoms with Crippen molar-refractivity contribution in [3.63, 3.8) is 0 Å². The number of aryl methyl sites for hydroxylation is 2. The van der Waals surface area contributed by atoms with E-state index in [9.17, 15) is 0 Å². The van der Waals surface area contributed by atoms with Crippen LogP contribution in [0.2, 0.25) is 0 Å². The van der Waals surface area contributed by atoms with Crippen LogP contribution in [0.3, 0.4) is 0 Å². The van der Waals surface area contributed by atoms with Crippen molar-refractivity contribution in [2.24, 2.45) is 0 Å². The third kappa shape index (κ3) is 4.38. The second-order valence-electron chi connectivity index (χ2n) is 13.1. The van der Waals surface area contributed by atoms with Crippen LogP contribution in [-0.4, -0.2) is 0 Å². The highest BCUT2D eigenvalue weighted by molar-refractivity contribution is 5.90. The third-order valence-electron chi connectivity index (χ3n) is 9.39. The molecule has 0 saturated carbocycles. The zero-order valence-electron chi connectivity index (χ0n) is 26.3. The molecule has 1 nitrogen and oxygen atoms in total. The van der Waals surface area contributed by atoms with Gasteiger partial charge < -0.3 is 4.90 Å². The third-order valence-corrected chi connectivity index (χ3v) is 9.39. The first-order valence-corrected chi connectivity index (χ1v) is 15.6. The van der Waals surface area contributed by atoms with Crippen molar-refractivity contribution in [1.82, 2.24) is 0 Å². The number of benzene rings is 6. The summed E-state index contributed by atoms with van der Waals surface area (Å²) in [5, 5.41) is 0. The van der Waals surface area contributed by atoms with Crippen molar-refractivity contribution in [1.29, 1.82) is 0 Å². The van der Waals surface area contributed by atoms with Gasteiger partial charge in [-0.1, -0.05) is 142 Å². The van der Waals surface area contributed by atoms with E-state index in [0.29, 0.717) is 0 Å². The molecule has 0 unspecified atom stereocenters. The van der Waals surface area contributed by atoms with E-state index >= 15 is 0 Å². The van der Waals surface area contributed by atoms with Gasteiger partial charge in [-0.2, -0.15) is 0 Å². The van der Waals surface area contributed by atoms with Gasteiger partial charge >= 0.3 is 0 Å². The van der Waals surface area contributed by atoms with E-state index in [2.05, 4.69) is 185 Å². The van der Waals surface area contributed by atoms with Crippen LogP contribution in [0.1, 0.15) is 59.7 Å². The number of para-hydroxylation sites is 1. The molecule has 0 spiro atoms. The minimum atomic E-state index is -0.496. The van der Waals surface area contributed by atoms with Gasteiger partial charge in [-0.25, -0.2) is 0 Å². The summed E-state index contributed by atoms with van der Waals surface area (Å²) in [4.78, 5) is 2.47. The van der Waals surface area contributed by atoms with Crippen LogP contribution in [0, 0.1) is 13.8 Å². The lowest BCUT2D eigenvalue weighted by molar-refractivity contribution is 0.586. The van der Waals surface area contributed by atoms with Crippen LogP contribution in [0.15, 0.2) is 146 Å². The maximum Gasteiger partial charge on any atom is 0.0747 e. The van der Waals surface area contributed by atoms with Gasteiger partial charge in [0.05, 0.1) is 16.8 Å². The first-order chi connectivity index (χ1) is 21.3.